The van der Waals surface area contributed by atoms with Crippen molar-refractivity contribution < 1.29 is 4.74 Å². The molecule has 170 valence electrons. The lowest BCUT2D eigenvalue weighted by Gasteiger charge is -2.29. The number of hydrogen-bond acceptors (Lipinski definition) is 5. The van der Waals surface area contributed by atoms with Crippen molar-refractivity contribution in [1.29, 1.82) is 0 Å². The van der Waals surface area contributed by atoms with Crippen LogP contribution in [0.25, 0.3) is 5.65 Å². The van der Waals surface area contributed by atoms with Crippen LogP contribution in [0.2, 0.25) is 0 Å². The Kier molecular flexibility index (Phi) is 7.55. The first-order valence-electron chi connectivity index (χ1n) is 11.4. The highest BCUT2D eigenvalue weighted by Gasteiger charge is 2.23. The van der Waals surface area contributed by atoms with E-state index in [2.05, 4.69) is 42.9 Å². The van der Waals surface area contributed by atoms with Crippen LogP contribution in [-0.2, 0) is 6.42 Å². The van der Waals surface area contributed by atoms with Gasteiger partial charge in [-0.2, -0.15) is 0 Å². The highest BCUT2D eigenvalue weighted by atomic mass is 16.5. The second-order valence-corrected chi connectivity index (χ2v) is 8.06. The molecule has 8 heteroatoms. The molecular weight excluding hydrogens is 402 g/mol. The Balaban J connectivity index is 1.29. The van der Waals surface area contributed by atoms with Crippen LogP contribution in [-0.4, -0.2) is 65.8 Å². The Bertz CT molecular complexity index is 1010. The normalized spacial score (nSPS) is 15.8. The topological polar surface area (TPSA) is 79.1 Å². The average molecular weight is 436 g/mol. The summed E-state index contributed by atoms with van der Waals surface area (Å²) in [6, 6.07) is 14.7. The number of likely N-dealkylation sites (tertiary alicyclic amines) is 1. The molecule has 3 heterocycles. The summed E-state index contributed by atoms with van der Waals surface area (Å²) in [6.07, 6.45) is 6.34. The summed E-state index contributed by atoms with van der Waals surface area (Å²) >= 11 is 0. The lowest BCUT2D eigenvalue weighted by molar-refractivity contribution is 0.245. The molecule has 2 N–H and O–H groups in total. The number of methoxy groups -OCH3 is 1. The molecule has 8 nitrogen and oxygen atoms in total. The fourth-order valence-corrected chi connectivity index (χ4v) is 4.27. The first-order valence-corrected chi connectivity index (χ1v) is 11.4. The van der Waals surface area contributed by atoms with E-state index in [4.69, 9.17) is 4.74 Å². The maximum atomic E-state index is 5.33. The Morgan fingerprint density at radius 2 is 1.91 bits per heavy atom. The molecule has 0 radical (unpaired) electrons. The zero-order valence-corrected chi connectivity index (χ0v) is 19.0. The summed E-state index contributed by atoms with van der Waals surface area (Å²) in [5.74, 6) is 2.70. The largest absolute Gasteiger partial charge is 0.497 e. The number of ether oxygens (including phenoxy) is 1. The molecule has 0 amide bonds. The van der Waals surface area contributed by atoms with E-state index in [-0.39, 0.29) is 0 Å². The number of hydrogen-bond donors (Lipinski definition) is 2. The number of rotatable bonds is 9. The molecule has 1 aliphatic rings. The van der Waals surface area contributed by atoms with Gasteiger partial charge in [-0.3, -0.25) is 14.3 Å². The number of benzene rings is 1. The predicted octanol–water partition coefficient (Wildman–Crippen LogP) is 2.67. The van der Waals surface area contributed by atoms with Gasteiger partial charge in [0.15, 0.2) is 11.6 Å². The Labute approximate surface area is 189 Å². The Hall–Kier alpha value is -3.13. The average Bonchev–Trinajstić information content (AvgIpc) is 3.51. The van der Waals surface area contributed by atoms with Gasteiger partial charge in [0.1, 0.15) is 11.6 Å². The van der Waals surface area contributed by atoms with Gasteiger partial charge in [0.2, 0.25) is 0 Å². The molecule has 1 aliphatic heterocycles. The molecular formula is C24H33N7O. The van der Waals surface area contributed by atoms with Crippen molar-refractivity contribution in [3.8, 4) is 5.75 Å². The van der Waals surface area contributed by atoms with Gasteiger partial charge in [-0.15, -0.1) is 10.2 Å². The zero-order chi connectivity index (χ0) is 22.2. The van der Waals surface area contributed by atoms with Gasteiger partial charge in [0.25, 0.3) is 0 Å². The van der Waals surface area contributed by atoms with E-state index < -0.39 is 0 Å². The van der Waals surface area contributed by atoms with Gasteiger partial charge in [-0.05, 0) is 62.2 Å². The third kappa shape index (κ3) is 5.37. The fourth-order valence-electron chi connectivity index (χ4n) is 4.27. The SMILES string of the molecule is CN=C(NCCCc1nnc2ccccn12)NCC(c1ccc(OC)cc1)N1CCCC1. The summed E-state index contributed by atoms with van der Waals surface area (Å²) in [6.45, 7) is 3.90. The van der Waals surface area contributed by atoms with Crippen LogP contribution in [0.15, 0.2) is 53.7 Å². The van der Waals surface area contributed by atoms with E-state index in [0.717, 1.165) is 62.2 Å². The number of aromatic nitrogens is 3. The van der Waals surface area contributed by atoms with Gasteiger partial charge in [-0.1, -0.05) is 18.2 Å². The molecule has 32 heavy (non-hydrogen) atoms. The number of aryl methyl sites for hydroxylation is 1. The predicted molar refractivity (Wildman–Crippen MR) is 127 cm³/mol. The molecule has 2 aromatic heterocycles. The number of pyridine rings is 1. The van der Waals surface area contributed by atoms with E-state index in [0.29, 0.717) is 6.04 Å². The van der Waals surface area contributed by atoms with Crippen molar-refractivity contribution in [3.63, 3.8) is 0 Å². The molecule has 0 bridgehead atoms. The summed E-state index contributed by atoms with van der Waals surface area (Å²) in [7, 11) is 3.52. The van der Waals surface area contributed by atoms with E-state index >= 15 is 0 Å². The molecule has 3 aromatic rings. The summed E-state index contributed by atoms with van der Waals surface area (Å²) in [5, 5.41) is 15.5. The fraction of sp³-hybridized carbons (Fsp3) is 0.458. The van der Waals surface area contributed by atoms with Crippen LogP contribution < -0.4 is 15.4 Å². The number of nitrogens with one attached hydrogen (secondary N) is 2. The smallest absolute Gasteiger partial charge is 0.191 e. The monoisotopic (exact) mass is 435 g/mol. The van der Waals surface area contributed by atoms with Crippen molar-refractivity contribution >= 4 is 11.6 Å². The van der Waals surface area contributed by atoms with Crippen LogP contribution in [0.3, 0.4) is 0 Å². The van der Waals surface area contributed by atoms with Crippen molar-refractivity contribution in [2.24, 2.45) is 4.99 Å². The summed E-state index contributed by atoms with van der Waals surface area (Å²) in [4.78, 5) is 6.97. The van der Waals surface area contributed by atoms with Crippen LogP contribution in [0.5, 0.6) is 5.75 Å². The lowest BCUT2D eigenvalue weighted by atomic mass is 10.1. The highest BCUT2D eigenvalue weighted by molar-refractivity contribution is 5.79. The molecule has 0 saturated carbocycles. The zero-order valence-electron chi connectivity index (χ0n) is 19.0. The van der Waals surface area contributed by atoms with Crippen molar-refractivity contribution in [2.75, 3.05) is 40.3 Å². The quantitative estimate of drug-likeness (QED) is 0.306. The first kappa shape index (κ1) is 22.1. The van der Waals surface area contributed by atoms with E-state index in [1.165, 1.54) is 18.4 Å². The minimum absolute atomic E-state index is 0.310. The molecule has 1 aromatic carbocycles. The number of aliphatic imine (C=N–C) groups is 1. The molecule has 0 aliphatic carbocycles. The second kappa shape index (κ2) is 10.9. The van der Waals surface area contributed by atoms with Crippen LogP contribution in [0.1, 0.15) is 36.7 Å². The van der Waals surface area contributed by atoms with Gasteiger partial charge < -0.3 is 15.4 Å². The van der Waals surface area contributed by atoms with Crippen LogP contribution in [0, 0.1) is 0 Å². The lowest BCUT2D eigenvalue weighted by Crippen LogP contribution is -2.43. The molecule has 0 spiro atoms. The minimum Gasteiger partial charge on any atom is -0.497 e. The molecule has 1 atom stereocenters. The van der Waals surface area contributed by atoms with Gasteiger partial charge >= 0.3 is 0 Å². The summed E-state index contributed by atoms with van der Waals surface area (Å²) in [5.41, 5.74) is 2.19. The number of fused-ring (bicyclic) bond motifs is 1. The maximum Gasteiger partial charge on any atom is 0.191 e. The standard InChI is InChI=1S/C24H33N7O/c1-25-24(26-14-7-9-23-29-28-22-8-3-4-17-31(22)23)27-18-21(30-15-5-6-16-30)19-10-12-20(32-2)13-11-19/h3-4,8,10-13,17,21H,5-7,9,14-16,18H2,1-2H3,(H2,25,26,27). The van der Waals surface area contributed by atoms with E-state index in [9.17, 15) is 0 Å². The maximum absolute atomic E-state index is 5.33. The van der Waals surface area contributed by atoms with Crippen molar-refractivity contribution in [1.82, 2.24) is 30.1 Å². The van der Waals surface area contributed by atoms with Gasteiger partial charge in [0.05, 0.1) is 13.2 Å². The first-order chi connectivity index (χ1) is 15.8. The summed E-state index contributed by atoms with van der Waals surface area (Å²) < 4.78 is 7.37. The molecule has 4 rings (SSSR count). The second-order valence-electron chi connectivity index (χ2n) is 8.06. The van der Waals surface area contributed by atoms with Gasteiger partial charge in [0, 0.05) is 32.8 Å². The minimum atomic E-state index is 0.310. The Morgan fingerprint density at radius 3 is 2.66 bits per heavy atom. The Morgan fingerprint density at radius 1 is 1.09 bits per heavy atom. The van der Waals surface area contributed by atoms with E-state index in [1.54, 1.807) is 7.11 Å². The van der Waals surface area contributed by atoms with Crippen LogP contribution >= 0.6 is 0 Å². The van der Waals surface area contributed by atoms with Crippen LogP contribution in [0.4, 0.5) is 0 Å². The van der Waals surface area contributed by atoms with Crippen molar-refractivity contribution in [3.05, 3.63) is 60.0 Å². The number of guanidine groups is 1. The molecule has 1 unspecified atom stereocenters. The third-order valence-electron chi connectivity index (χ3n) is 6.02. The highest BCUT2D eigenvalue weighted by Crippen LogP contribution is 2.26. The third-order valence-corrected chi connectivity index (χ3v) is 6.02. The molecule has 1 fully saturated rings. The van der Waals surface area contributed by atoms with E-state index in [1.807, 2.05) is 48.0 Å². The number of nitrogens with zero attached hydrogens (tertiary/aromatic N) is 5. The van der Waals surface area contributed by atoms with Gasteiger partial charge in [-0.25, -0.2) is 0 Å². The molecule has 1 saturated heterocycles. The van der Waals surface area contributed by atoms with Crippen molar-refractivity contribution in [2.45, 2.75) is 31.7 Å².